The molecule has 1 heterocycles. The Balaban J connectivity index is 1.58. The molecule has 2 saturated carbocycles. The number of sulfonamides is 1. The van der Waals surface area contributed by atoms with Gasteiger partial charge in [0.15, 0.2) is 0 Å². The van der Waals surface area contributed by atoms with Crippen molar-refractivity contribution in [1.82, 2.24) is 4.31 Å². The van der Waals surface area contributed by atoms with Crippen LogP contribution in [-0.4, -0.2) is 38.3 Å². The van der Waals surface area contributed by atoms with Gasteiger partial charge in [-0.05, 0) is 69.1 Å². The van der Waals surface area contributed by atoms with Crippen molar-refractivity contribution in [3.05, 3.63) is 18.2 Å². The van der Waals surface area contributed by atoms with Crippen LogP contribution in [0, 0.1) is 17.8 Å². The Morgan fingerprint density at radius 2 is 2.00 bits per heavy atom. The Morgan fingerprint density at radius 1 is 1.22 bits per heavy atom. The standard InChI is InChI=1S/C20H28N2O4S/c1-2-26-18-8-7-16(13-19(18)27(24,25)22-9-3-4-10-22)21-20(23)17-12-14-5-6-15(17)11-14/h7-8,13-15,17H,2-6,9-12H2,1H3,(H,21,23). The summed E-state index contributed by atoms with van der Waals surface area (Å²) in [4.78, 5) is 12.9. The first-order chi connectivity index (χ1) is 13.0. The lowest BCUT2D eigenvalue weighted by atomic mass is 9.88. The maximum absolute atomic E-state index is 13.1. The quantitative estimate of drug-likeness (QED) is 0.806. The van der Waals surface area contributed by atoms with Gasteiger partial charge in [-0.1, -0.05) is 6.42 Å². The fraction of sp³-hybridized carbons (Fsp3) is 0.650. The minimum absolute atomic E-state index is 0.0240. The number of nitrogens with one attached hydrogen (secondary N) is 1. The normalized spacial score (nSPS) is 27.8. The van der Waals surface area contributed by atoms with Gasteiger partial charge in [-0.3, -0.25) is 4.79 Å². The molecule has 0 spiro atoms. The summed E-state index contributed by atoms with van der Waals surface area (Å²) in [6.45, 7) is 3.29. The van der Waals surface area contributed by atoms with Gasteiger partial charge >= 0.3 is 0 Å². The van der Waals surface area contributed by atoms with Crippen molar-refractivity contribution in [2.45, 2.75) is 50.3 Å². The fourth-order valence-electron chi connectivity index (χ4n) is 4.93. The molecule has 3 aliphatic rings. The van der Waals surface area contributed by atoms with E-state index in [1.807, 2.05) is 6.92 Å². The van der Waals surface area contributed by atoms with E-state index in [9.17, 15) is 13.2 Å². The van der Waals surface area contributed by atoms with Crippen LogP contribution in [0.25, 0.3) is 0 Å². The molecule has 2 bridgehead atoms. The number of nitrogens with zero attached hydrogens (tertiary/aromatic N) is 1. The van der Waals surface area contributed by atoms with Crippen LogP contribution in [0.5, 0.6) is 5.75 Å². The molecule has 27 heavy (non-hydrogen) atoms. The number of carbonyl (C=O) groups is 1. The number of rotatable bonds is 6. The average molecular weight is 393 g/mol. The van der Waals surface area contributed by atoms with Crippen LogP contribution >= 0.6 is 0 Å². The topological polar surface area (TPSA) is 75.7 Å². The minimum atomic E-state index is -3.62. The third kappa shape index (κ3) is 3.59. The summed E-state index contributed by atoms with van der Waals surface area (Å²) in [7, 11) is -3.62. The molecule has 7 heteroatoms. The summed E-state index contributed by atoms with van der Waals surface area (Å²) >= 11 is 0. The molecule has 6 nitrogen and oxygen atoms in total. The number of fused-ring (bicyclic) bond motifs is 2. The van der Waals surface area contributed by atoms with Crippen LogP contribution in [0.15, 0.2) is 23.1 Å². The lowest BCUT2D eigenvalue weighted by Gasteiger charge is -2.22. The Bertz CT molecular complexity index is 817. The molecule has 148 valence electrons. The molecular weight excluding hydrogens is 364 g/mol. The molecule has 0 radical (unpaired) electrons. The van der Waals surface area contributed by atoms with E-state index < -0.39 is 10.0 Å². The van der Waals surface area contributed by atoms with Crippen molar-refractivity contribution >= 4 is 21.6 Å². The first-order valence-electron chi connectivity index (χ1n) is 10.1. The Morgan fingerprint density at radius 3 is 2.63 bits per heavy atom. The van der Waals surface area contributed by atoms with Gasteiger partial charge in [-0.15, -0.1) is 0 Å². The molecule has 1 saturated heterocycles. The number of carbonyl (C=O) groups excluding carboxylic acids is 1. The van der Waals surface area contributed by atoms with Crippen molar-refractivity contribution in [2.24, 2.45) is 17.8 Å². The monoisotopic (exact) mass is 392 g/mol. The van der Waals surface area contributed by atoms with Crippen LogP contribution in [-0.2, 0) is 14.8 Å². The Kier molecular flexibility index (Phi) is 5.16. The molecule has 3 unspecified atom stereocenters. The number of hydrogen-bond donors (Lipinski definition) is 1. The number of benzene rings is 1. The lowest BCUT2D eigenvalue weighted by Crippen LogP contribution is -2.29. The number of hydrogen-bond acceptors (Lipinski definition) is 4. The predicted molar refractivity (Wildman–Crippen MR) is 103 cm³/mol. The third-order valence-corrected chi connectivity index (χ3v) is 8.19. The molecule has 1 aliphatic heterocycles. The van der Waals surface area contributed by atoms with Gasteiger partial charge in [0.25, 0.3) is 0 Å². The van der Waals surface area contributed by atoms with Crippen molar-refractivity contribution in [3.8, 4) is 5.75 Å². The van der Waals surface area contributed by atoms with Gasteiger partial charge in [0.05, 0.1) is 6.61 Å². The summed E-state index contributed by atoms with van der Waals surface area (Å²) in [5.74, 6) is 1.62. The van der Waals surface area contributed by atoms with Gasteiger partial charge in [-0.25, -0.2) is 8.42 Å². The molecular formula is C20H28N2O4S. The zero-order valence-corrected chi connectivity index (χ0v) is 16.6. The second-order valence-electron chi connectivity index (χ2n) is 7.98. The van der Waals surface area contributed by atoms with Crippen LogP contribution in [0.1, 0.15) is 45.4 Å². The minimum Gasteiger partial charge on any atom is -0.492 e. The number of amides is 1. The molecule has 3 atom stereocenters. The second-order valence-corrected chi connectivity index (χ2v) is 9.88. The van der Waals surface area contributed by atoms with E-state index in [0.717, 1.165) is 32.1 Å². The summed E-state index contributed by atoms with van der Waals surface area (Å²) < 4.78 is 33.2. The maximum Gasteiger partial charge on any atom is 0.246 e. The van der Waals surface area contributed by atoms with Crippen LogP contribution in [0.2, 0.25) is 0 Å². The zero-order chi connectivity index (χ0) is 19.0. The van der Waals surface area contributed by atoms with E-state index in [4.69, 9.17) is 4.74 Å². The molecule has 3 fully saturated rings. The van der Waals surface area contributed by atoms with Crippen molar-refractivity contribution in [2.75, 3.05) is 25.0 Å². The first-order valence-corrected chi connectivity index (χ1v) is 11.5. The Labute approximate surface area is 161 Å². The highest BCUT2D eigenvalue weighted by Gasteiger charge is 2.43. The molecule has 4 rings (SSSR count). The average Bonchev–Trinajstić information content (AvgIpc) is 3.41. The van der Waals surface area contributed by atoms with Gasteiger partial charge < -0.3 is 10.1 Å². The summed E-state index contributed by atoms with van der Waals surface area (Å²) in [5.41, 5.74) is 0.531. The highest BCUT2D eigenvalue weighted by Crippen LogP contribution is 2.48. The number of ether oxygens (including phenoxy) is 1. The third-order valence-electron chi connectivity index (χ3n) is 6.27. The molecule has 0 aromatic heterocycles. The summed E-state index contributed by atoms with van der Waals surface area (Å²) in [5, 5.41) is 2.96. The van der Waals surface area contributed by atoms with E-state index in [1.54, 1.807) is 18.2 Å². The van der Waals surface area contributed by atoms with Crippen LogP contribution in [0.4, 0.5) is 5.69 Å². The highest BCUT2D eigenvalue weighted by molar-refractivity contribution is 7.89. The molecule has 1 N–H and O–H groups in total. The van der Waals surface area contributed by atoms with Crippen molar-refractivity contribution in [3.63, 3.8) is 0 Å². The molecule has 1 aromatic rings. The second kappa shape index (κ2) is 7.43. The van der Waals surface area contributed by atoms with Gasteiger partial charge in [0.1, 0.15) is 10.6 Å². The molecule has 1 aromatic carbocycles. The van der Waals surface area contributed by atoms with Gasteiger partial charge in [0.2, 0.25) is 15.9 Å². The van der Waals surface area contributed by atoms with E-state index in [0.29, 0.717) is 43.0 Å². The summed E-state index contributed by atoms with van der Waals surface area (Å²) in [6, 6.07) is 4.95. The lowest BCUT2D eigenvalue weighted by molar-refractivity contribution is -0.121. The van der Waals surface area contributed by atoms with Crippen molar-refractivity contribution in [1.29, 1.82) is 0 Å². The zero-order valence-electron chi connectivity index (χ0n) is 15.8. The largest absolute Gasteiger partial charge is 0.492 e. The van der Waals surface area contributed by atoms with Gasteiger partial charge in [-0.2, -0.15) is 4.31 Å². The maximum atomic E-state index is 13.1. The highest BCUT2D eigenvalue weighted by atomic mass is 32.2. The van der Waals surface area contributed by atoms with Crippen LogP contribution < -0.4 is 10.1 Å². The number of anilines is 1. The van der Waals surface area contributed by atoms with E-state index >= 15 is 0 Å². The van der Waals surface area contributed by atoms with Crippen LogP contribution in [0.3, 0.4) is 0 Å². The molecule has 2 aliphatic carbocycles. The van der Waals surface area contributed by atoms with Gasteiger partial charge in [0, 0.05) is 24.7 Å². The fourth-order valence-corrected chi connectivity index (χ4v) is 6.60. The SMILES string of the molecule is CCOc1ccc(NC(=O)C2CC3CCC2C3)cc1S(=O)(=O)N1CCCC1. The smallest absolute Gasteiger partial charge is 0.246 e. The Hall–Kier alpha value is -1.60. The van der Waals surface area contributed by atoms with E-state index in [1.165, 1.54) is 10.7 Å². The van der Waals surface area contributed by atoms with E-state index in [-0.39, 0.29) is 16.7 Å². The van der Waals surface area contributed by atoms with E-state index in [2.05, 4.69) is 5.32 Å². The first kappa shape index (κ1) is 18.7. The van der Waals surface area contributed by atoms with Crippen molar-refractivity contribution < 1.29 is 17.9 Å². The summed E-state index contributed by atoms with van der Waals surface area (Å²) in [6.07, 6.45) is 6.27. The predicted octanol–water partition coefficient (Wildman–Crippen LogP) is 3.24. The molecule has 1 amide bonds.